The summed E-state index contributed by atoms with van der Waals surface area (Å²) in [4.78, 5) is 27.9. The van der Waals surface area contributed by atoms with Gasteiger partial charge in [0.05, 0.1) is 12.8 Å². The van der Waals surface area contributed by atoms with Gasteiger partial charge in [-0.25, -0.2) is 4.98 Å². The number of carbonyl (C=O) groups excluding carboxylic acids is 2. The molecule has 0 unspecified atom stereocenters. The van der Waals surface area contributed by atoms with E-state index in [1.54, 1.807) is 30.5 Å². The van der Waals surface area contributed by atoms with Gasteiger partial charge in [0, 0.05) is 6.20 Å². The summed E-state index contributed by atoms with van der Waals surface area (Å²) in [5.74, 6) is -0.759. The van der Waals surface area contributed by atoms with E-state index in [9.17, 15) is 9.59 Å². The molecule has 2 rings (SSSR count). The van der Waals surface area contributed by atoms with Crippen molar-refractivity contribution in [1.82, 2.24) is 4.98 Å². The summed E-state index contributed by atoms with van der Waals surface area (Å²) in [7, 11) is 1.50. The van der Waals surface area contributed by atoms with Crippen molar-refractivity contribution < 1.29 is 14.3 Å². The van der Waals surface area contributed by atoms with E-state index < -0.39 is 11.8 Å². The number of ether oxygens (including phenoxy) is 1. The number of rotatable bonds is 3. The number of hydrogen-bond donors (Lipinski definition) is 2. The summed E-state index contributed by atoms with van der Waals surface area (Å²) in [6, 6.07) is 8.79. The zero-order valence-corrected chi connectivity index (χ0v) is 12.6. The second-order valence-electron chi connectivity index (χ2n) is 4.83. The van der Waals surface area contributed by atoms with Crippen molar-refractivity contribution >= 4 is 23.3 Å². The van der Waals surface area contributed by atoms with E-state index in [2.05, 4.69) is 15.6 Å². The van der Waals surface area contributed by atoms with Crippen LogP contribution in [0.3, 0.4) is 0 Å². The van der Waals surface area contributed by atoms with Crippen LogP contribution < -0.4 is 15.4 Å². The standard InChI is InChI=1S/C16H17N3O3/c1-10-4-5-13(22-3)12(8-10)18-15(20)16(21)19-14-9-11(2)6-7-17-14/h4-9H,1-3H3,(H,18,20)(H,17,19,21). The van der Waals surface area contributed by atoms with Crippen LogP contribution in [0.2, 0.25) is 0 Å². The quantitative estimate of drug-likeness (QED) is 0.852. The van der Waals surface area contributed by atoms with Gasteiger partial charge >= 0.3 is 11.8 Å². The molecule has 2 aromatic rings. The molecule has 0 aliphatic heterocycles. The monoisotopic (exact) mass is 299 g/mol. The number of aromatic nitrogens is 1. The molecule has 114 valence electrons. The fourth-order valence-corrected chi connectivity index (χ4v) is 1.88. The highest BCUT2D eigenvalue weighted by molar-refractivity contribution is 6.43. The summed E-state index contributed by atoms with van der Waals surface area (Å²) in [5.41, 5.74) is 2.32. The average molecular weight is 299 g/mol. The molecule has 0 saturated carbocycles. The van der Waals surface area contributed by atoms with Gasteiger partial charge in [0.1, 0.15) is 11.6 Å². The molecule has 2 amide bonds. The highest BCUT2D eigenvalue weighted by Crippen LogP contribution is 2.25. The molecule has 0 saturated heterocycles. The Kier molecular flexibility index (Phi) is 4.73. The lowest BCUT2D eigenvalue weighted by Crippen LogP contribution is -2.29. The minimum atomic E-state index is -0.790. The number of nitrogens with zero attached hydrogens (tertiary/aromatic N) is 1. The highest BCUT2D eigenvalue weighted by Gasteiger charge is 2.16. The van der Waals surface area contributed by atoms with E-state index in [1.807, 2.05) is 19.9 Å². The van der Waals surface area contributed by atoms with Gasteiger partial charge in [-0.3, -0.25) is 9.59 Å². The van der Waals surface area contributed by atoms with E-state index >= 15 is 0 Å². The Morgan fingerprint density at radius 3 is 2.36 bits per heavy atom. The number of anilines is 2. The van der Waals surface area contributed by atoms with Crippen LogP contribution in [0, 0.1) is 13.8 Å². The number of amides is 2. The SMILES string of the molecule is COc1ccc(C)cc1NC(=O)C(=O)Nc1cc(C)ccn1. The maximum absolute atomic E-state index is 12.0. The first-order chi connectivity index (χ1) is 10.5. The van der Waals surface area contributed by atoms with Gasteiger partial charge in [-0.05, 0) is 49.2 Å². The topological polar surface area (TPSA) is 80.3 Å². The van der Waals surface area contributed by atoms with Gasteiger partial charge in [-0.2, -0.15) is 0 Å². The van der Waals surface area contributed by atoms with Crippen LogP contribution in [-0.4, -0.2) is 23.9 Å². The van der Waals surface area contributed by atoms with Crippen molar-refractivity contribution in [2.24, 2.45) is 0 Å². The summed E-state index contributed by atoms with van der Waals surface area (Å²) in [6.07, 6.45) is 1.56. The minimum absolute atomic E-state index is 0.330. The van der Waals surface area contributed by atoms with E-state index in [-0.39, 0.29) is 0 Å². The van der Waals surface area contributed by atoms with Gasteiger partial charge < -0.3 is 15.4 Å². The van der Waals surface area contributed by atoms with Gasteiger partial charge in [0.15, 0.2) is 0 Å². The van der Waals surface area contributed by atoms with Crippen molar-refractivity contribution in [1.29, 1.82) is 0 Å². The molecule has 1 heterocycles. The van der Waals surface area contributed by atoms with Crippen LogP contribution in [0.25, 0.3) is 0 Å². The third kappa shape index (κ3) is 3.82. The van der Waals surface area contributed by atoms with Crippen LogP contribution in [0.15, 0.2) is 36.5 Å². The number of nitrogens with one attached hydrogen (secondary N) is 2. The molecule has 0 aliphatic carbocycles. The van der Waals surface area contributed by atoms with Crippen LogP contribution in [-0.2, 0) is 9.59 Å². The smallest absolute Gasteiger partial charge is 0.315 e. The van der Waals surface area contributed by atoms with Gasteiger partial charge in [0.2, 0.25) is 0 Å². The molecular weight excluding hydrogens is 282 g/mol. The van der Waals surface area contributed by atoms with Crippen LogP contribution in [0.1, 0.15) is 11.1 Å². The van der Waals surface area contributed by atoms with E-state index in [0.717, 1.165) is 11.1 Å². The predicted molar refractivity (Wildman–Crippen MR) is 84.0 cm³/mol. The predicted octanol–water partition coefficient (Wildman–Crippen LogP) is 2.28. The number of benzene rings is 1. The Labute approximate surface area is 128 Å². The van der Waals surface area contributed by atoms with Crippen LogP contribution in [0.5, 0.6) is 5.75 Å². The largest absolute Gasteiger partial charge is 0.495 e. The Morgan fingerprint density at radius 1 is 1.00 bits per heavy atom. The Morgan fingerprint density at radius 2 is 1.68 bits per heavy atom. The van der Waals surface area contributed by atoms with Crippen molar-refractivity contribution in [2.75, 3.05) is 17.7 Å². The fourth-order valence-electron chi connectivity index (χ4n) is 1.88. The summed E-state index contributed by atoms with van der Waals surface area (Å²) >= 11 is 0. The number of hydrogen-bond acceptors (Lipinski definition) is 4. The van der Waals surface area contributed by atoms with Gasteiger partial charge in [-0.1, -0.05) is 6.07 Å². The van der Waals surface area contributed by atoms with Crippen LogP contribution in [0.4, 0.5) is 11.5 Å². The molecule has 1 aromatic heterocycles. The molecule has 0 atom stereocenters. The molecule has 2 N–H and O–H groups in total. The molecule has 0 bridgehead atoms. The molecule has 0 fully saturated rings. The lowest BCUT2D eigenvalue weighted by molar-refractivity contribution is -0.133. The normalized spacial score (nSPS) is 9.95. The first-order valence-electron chi connectivity index (χ1n) is 6.69. The van der Waals surface area contributed by atoms with Crippen molar-refractivity contribution in [3.8, 4) is 5.75 Å². The second kappa shape index (κ2) is 6.71. The molecule has 0 radical (unpaired) electrons. The fraction of sp³-hybridized carbons (Fsp3) is 0.188. The lowest BCUT2D eigenvalue weighted by atomic mass is 10.2. The third-order valence-electron chi connectivity index (χ3n) is 2.97. The minimum Gasteiger partial charge on any atom is -0.495 e. The summed E-state index contributed by atoms with van der Waals surface area (Å²) in [6.45, 7) is 3.75. The lowest BCUT2D eigenvalue weighted by Gasteiger charge is -2.11. The van der Waals surface area contributed by atoms with Crippen molar-refractivity contribution in [2.45, 2.75) is 13.8 Å². The Bertz CT molecular complexity index is 714. The molecule has 22 heavy (non-hydrogen) atoms. The maximum Gasteiger partial charge on any atom is 0.315 e. The molecule has 0 spiro atoms. The Balaban J connectivity index is 2.09. The molecular formula is C16H17N3O3. The van der Waals surface area contributed by atoms with E-state index in [4.69, 9.17) is 4.74 Å². The second-order valence-corrected chi connectivity index (χ2v) is 4.83. The summed E-state index contributed by atoms with van der Waals surface area (Å²) in [5, 5.41) is 4.99. The van der Waals surface area contributed by atoms with Gasteiger partial charge in [-0.15, -0.1) is 0 Å². The molecule has 6 heteroatoms. The van der Waals surface area contributed by atoms with Crippen molar-refractivity contribution in [3.05, 3.63) is 47.7 Å². The number of pyridine rings is 1. The zero-order chi connectivity index (χ0) is 16.1. The third-order valence-corrected chi connectivity index (χ3v) is 2.97. The van der Waals surface area contributed by atoms with E-state index in [1.165, 1.54) is 7.11 Å². The van der Waals surface area contributed by atoms with E-state index in [0.29, 0.717) is 17.3 Å². The molecule has 1 aromatic carbocycles. The molecule has 0 aliphatic rings. The van der Waals surface area contributed by atoms with Crippen molar-refractivity contribution in [3.63, 3.8) is 0 Å². The number of methoxy groups -OCH3 is 1. The highest BCUT2D eigenvalue weighted by atomic mass is 16.5. The zero-order valence-electron chi connectivity index (χ0n) is 12.6. The van der Waals surface area contributed by atoms with Gasteiger partial charge in [0.25, 0.3) is 0 Å². The first-order valence-corrected chi connectivity index (χ1v) is 6.69. The summed E-state index contributed by atoms with van der Waals surface area (Å²) < 4.78 is 5.16. The molecule has 6 nitrogen and oxygen atoms in total. The maximum atomic E-state index is 12.0. The number of aryl methyl sites for hydroxylation is 2. The number of carbonyl (C=O) groups is 2. The Hall–Kier alpha value is -2.89. The average Bonchev–Trinajstić information content (AvgIpc) is 2.47. The van der Waals surface area contributed by atoms with Crippen LogP contribution >= 0.6 is 0 Å². The first kappa shape index (κ1) is 15.5.